The van der Waals surface area contributed by atoms with Crippen molar-refractivity contribution in [2.45, 2.75) is 25.2 Å². The fraction of sp³-hybridized carbons (Fsp3) is 1.00. The number of hydrogen-bond donors (Lipinski definition) is 0. The molecule has 0 radical (unpaired) electrons. The van der Waals surface area contributed by atoms with E-state index in [4.69, 9.17) is 46.4 Å². The van der Waals surface area contributed by atoms with Crippen LogP contribution in [0.3, 0.4) is 0 Å². The molecule has 0 aromatic rings. The maximum absolute atomic E-state index is 13.3. The van der Waals surface area contributed by atoms with Crippen molar-refractivity contribution >= 4 is 69.6 Å². The Balaban J connectivity index is 2.94. The summed E-state index contributed by atoms with van der Waals surface area (Å²) in [4.78, 5) is 0. The third-order valence-corrected chi connectivity index (χ3v) is 4.22. The first-order valence-electron chi connectivity index (χ1n) is 3.30. The lowest BCUT2D eigenvalue weighted by molar-refractivity contribution is -0.203. The molecule has 1 fully saturated rings. The van der Waals surface area contributed by atoms with Gasteiger partial charge in [-0.3, -0.25) is 4.74 Å². The van der Waals surface area contributed by atoms with Gasteiger partial charge in [-0.2, -0.15) is 4.39 Å². The van der Waals surface area contributed by atoms with E-state index in [-0.39, 0.29) is 0 Å². The van der Waals surface area contributed by atoms with E-state index in [9.17, 15) is 17.6 Å². The van der Waals surface area contributed by atoms with Gasteiger partial charge in [-0.25, -0.2) is 13.2 Å². The third kappa shape index (κ3) is 1.87. The molecule has 0 N–H and O–H groups in total. The summed E-state index contributed by atoms with van der Waals surface area (Å²) in [7, 11) is 0. The molecule has 3 atom stereocenters. The topological polar surface area (TPSA) is 9.23 Å². The van der Waals surface area contributed by atoms with Crippen LogP contribution >= 0.6 is 69.6 Å². The van der Waals surface area contributed by atoms with Crippen LogP contribution in [0, 0.1) is 0 Å². The quantitative estimate of drug-likeness (QED) is 0.508. The Hall–Kier alpha value is 1.42. The van der Waals surface area contributed by atoms with Gasteiger partial charge in [0, 0.05) is 0 Å². The molecule has 1 rings (SSSR count). The lowest BCUT2D eigenvalue weighted by atomic mass is 10.6. The SMILES string of the molecule is FC(Cl)(OC1(F)C(F)(Cl)C1(F)Cl)C(Cl)(Cl)Cl. The van der Waals surface area contributed by atoms with Crippen LogP contribution in [0.25, 0.3) is 0 Å². The van der Waals surface area contributed by atoms with Gasteiger partial charge in [0.15, 0.2) is 0 Å². The molecule has 1 aliphatic carbocycles. The van der Waals surface area contributed by atoms with Crippen LogP contribution in [0.4, 0.5) is 17.6 Å². The standard InChI is InChI=1S/C5Cl6F4O/c6-1(12)2(7,13)3(1,14)16-5(11,15)4(8,9)10. The molecule has 16 heavy (non-hydrogen) atoms. The zero-order valence-corrected chi connectivity index (χ0v) is 11.2. The number of halogens is 10. The molecule has 0 spiro atoms. The highest BCUT2D eigenvalue weighted by molar-refractivity contribution is 6.70. The zero-order valence-electron chi connectivity index (χ0n) is 6.69. The molecule has 1 aliphatic rings. The van der Waals surface area contributed by atoms with E-state index in [1.54, 1.807) is 0 Å². The van der Waals surface area contributed by atoms with E-state index in [1.807, 2.05) is 0 Å². The van der Waals surface area contributed by atoms with Crippen molar-refractivity contribution in [2.24, 2.45) is 0 Å². The van der Waals surface area contributed by atoms with Gasteiger partial charge in [0.1, 0.15) is 0 Å². The summed E-state index contributed by atoms with van der Waals surface area (Å²) in [5.41, 5.74) is 0. The third-order valence-electron chi connectivity index (χ3n) is 1.74. The molecule has 1 nitrogen and oxygen atoms in total. The molecule has 3 unspecified atom stereocenters. The van der Waals surface area contributed by atoms with Gasteiger partial charge in [0.2, 0.25) is 0 Å². The molecular weight excluding hydrogens is 365 g/mol. The van der Waals surface area contributed by atoms with E-state index in [0.29, 0.717) is 0 Å². The highest BCUT2D eigenvalue weighted by Gasteiger charge is 2.98. The number of ether oxygens (including phenoxy) is 1. The van der Waals surface area contributed by atoms with E-state index in [2.05, 4.69) is 27.9 Å². The fourth-order valence-corrected chi connectivity index (χ4v) is 1.48. The molecule has 0 saturated heterocycles. The van der Waals surface area contributed by atoms with Gasteiger partial charge in [0.25, 0.3) is 14.0 Å². The van der Waals surface area contributed by atoms with Crippen LogP contribution in [0.5, 0.6) is 0 Å². The van der Waals surface area contributed by atoms with Gasteiger partial charge in [-0.1, -0.05) is 58.0 Å². The van der Waals surface area contributed by atoms with Crippen molar-refractivity contribution in [3.63, 3.8) is 0 Å². The molecule has 0 aromatic carbocycles. The summed E-state index contributed by atoms with van der Waals surface area (Å²) in [6.07, 6.45) is 0. The minimum absolute atomic E-state index is 3.02. The highest BCUT2D eigenvalue weighted by atomic mass is 35.6. The Morgan fingerprint density at radius 3 is 1.38 bits per heavy atom. The summed E-state index contributed by atoms with van der Waals surface area (Å²) < 4.78 is 53.1. The molecule has 0 amide bonds. The van der Waals surface area contributed by atoms with Crippen LogP contribution in [-0.2, 0) is 4.74 Å². The second-order valence-electron chi connectivity index (χ2n) is 2.86. The van der Waals surface area contributed by atoms with E-state index >= 15 is 0 Å². The highest BCUT2D eigenvalue weighted by Crippen LogP contribution is 2.73. The van der Waals surface area contributed by atoms with Crippen molar-refractivity contribution in [3.8, 4) is 0 Å². The first-order chi connectivity index (χ1) is 6.71. The van der Waals surface area contributed by atoms with E-state index in [0.717, 1.165) is 0 Å². The van der Waals surface area contributed by atoms with Crippen LogP contribution < -0.4 is 0 Å². The monoisotopic (exact) mass is 362 g/mol. The molecular formula is C5Cl6F4O. The van der Waals surface area contributed by atoms with Gasteiger partial charge in [0.05, 0.1) is 0 Å². The first kappa shape index (κ1) is 15.5. The van der Waals surface area contributed by atoms with Crippen LogP contribution in [-0.4, -0.2) is 25.2 Å². The lowest BCUT2D eigenvalue weighted by Gasteiger charge is -2.27. The van der Waals surface area contributed by atoms with Gasteiger partial charge >= 0.3 is 11.2 Å². The Labute approximate surface area is 117 Å². The van der Waals surface area contributed by atoms with Crippen molar-refractivity contribution in [3.05, 3.63) is 0 Å². The predicted molar refractivity (Wildman–Crippen MR) is 54.3 cm³/mol. The molecule has 0 bridgehead atoms. The van der Waals surface area contributed by atoms with E-state index < -0.39 is 25.2 Å². The minimum Gasteiger partial charge on any atom is -0.285 e. The Bertz CT molecular complexity index is 299. The molecule has 0 heterocycles. The smallest absolute Gasteiger partial charge is 0.285 e. The van der Waals surface area contributed by atoms with Crippen molar-refractivity contribution in [2.75, 3.05) is 0 Å². The van der Waals surface area contributed by atoms with Crippen molar-refractivity contribution < 1.29 is 22.3 Å². The van der Waals surface area contributed by atoms with Gasteiger partial charge < -0.3 is 0 Å². The van der Waals surface area contributed by atoms with Crippen LogP contribution in [0.2, 0.25) is 0 Å². The van der Waals surface area contributed by atoms with E-state index in [1.165, 1.54) is 0 Å². The van der Waals surface area contributed by atoms with Gasteiger partial charge in [-0.05, 0) is 11.6 Å². The summed E-state index contributed by atoms with van der Waals surface area (Å²) >= 11 is 29.0. The minimum atomic E-state index is -4.08. The average molecular weight is 365 g/mol. The molecule has 96 valence electrons. The van der Waals surface area contributed by atoms with Crippen LogP contribution in [0.1, 0.15) is 0 Å². The normalized spacial score (nSPS) is 47.6. The Morgan fingerprint density at radius 2 is 1.19 bits per heavy atom. The second kappa shape index (κ2) is 3.71. The summed E-state index contributed by atoms with van der Waals surface area (Å²) in [6, 6.07) is 0. The van der Waals surface area contributed by atoms with Crippen molar-refractivity contribution in [1.29, 1.82) is 0 Å². The largest absolute Gasteiger partial charge is 0.337 e. The number of hydrogen-bond acceptors (Lipinski definition) is 1. The number of alkyl halides is 10. The number of rotatable bonds is 2. The second-order valence-corrected chi connectivity index (χ2v) is 6.67. The summed E-state index contributed by atoms with van der Waals surface area (Å²) in [6.45, 7) is 0. The fourth-order valence-electron chi connectivity index (χ4n) is 0.726. The zero-order chi connectivity index (χ0) is 13.2. The average Bonchev–Trinajstić information content (AvgIpc) is 2.25. The van der Waals surface area contributed by atoms with Crippen molar-refractivity contribution in [1.82, 2.24) is 0 Å². The molecule has 11 heteroatoms. The summed E-state index contributed by atoms with van der Waals surface area (Å²) in [5, 5.41) is -11.5. The Morgan fingerprint density at radius 1 is 0.875 bits per heavy atom. The predicted octanol–water partition coefficient (Wildman–Crippen LogP) is 4.72. The summed E-state index contributed by atoms with van der Waals surface area (Å²) in [5.74, 6) is -4.08. The molecule has 0 aliphatic heterocycles. The first-order valence-corrected chi connectivity index (χ1v) is 5.57. The van der Waals surface area contributed by atoms with Gasteiger partial charge in [-0.15, -0.1) is 0 Å². The lowest BCUT2D eigenvalue weighted by Crippen LogP contribution is -2.41. The maximum atomic E-state index is 13.3. The maximum Gasteiger partial charge on any atom is 0.337 e. The molecule has 0 aromatic heterocycles. The molecule has 1 saturated carbocycles. The van der Waals surface area contributed by atoms with Crippen LogP contribution in [0.15, 0.2) is 0 Å². The Kier molecular flexibility index (Phi) is 3.59.